The molecule has 1 unspecified atom stereocenters. The Kier molecular flexibility index (Phi) is 7.40. The average molecular weight is 395 g/mol. The van der Waals surface area contributed by atoms with Crippen molar-refractivity contribution in [1.82, 2.24) is 15.6 Å². The maximum atomic E-state index is 12.9. The van der Waals surface area contributed by atoms with E-state index in [0.29, 0.717) is 12.3 Å². The zero-order valence-corrected chi connectivity index (χ0v) is 17.7. The Balaban J connectivity index is 1.83. The van der Waals surface area contributed by atoms with Crippen LogP contribution in [0, 0.1) is 19.8 Å². The smallest absolute Gasteiger partial charge is 0.242 e. The summed E-state index contributed by atoms with van der Waals surface area (Å²) in [6.45, 7) is 7.10. The van der Waals surface area contributed by atoms with Crippen LogP contribution < -0.4 is 16.4 Å². The minimum absolute atomic E-state index is 0.304. The SMILES string of the molecule is Cc1cc(C)cc(C(CCc2ccncc2)(NCCC2CCNCC2)C(N)=O)c1. The molecule has 156 valence electrons. The highest BCUT2D eigenvalue weighted by atomic mass is 16.1. The summed E-state index contributed by atoms with van der Waals surface area (Å²) in [6.07, 6.45) is 8.44. The fourth-order valence-corrected chi connectivity index (χ4v) is 4.45. The summed E-state index contributed by atoms with van der Waals surface area (Å²) in [5.41, 5.74) is 9.63. The molecule has 0 radical (unpaired) electrons. The second-order valence-corrected chi connectivity index (χ2v) is 8.41. The number of aromatic nitrogens is 1. The van der Waals surface area contributed by atoms with Gasteiger partial charge < -0.3 is 11.1 Å². The molecule has 1 saturated heterocycles. The van der Waals surface area contributed by atoms with Gasteiger partial charge in [-0.1, -0.05) is 29.3 Å². The molecule has 0 aliphatic carbocycles. The maximum Gasteiger partial charge on any atom is 0.242 e. The number of amides is 1. The van der Waals surface area contributed by atoms with Crippen LogP contribution >= 0.6 is 0 Å². The van der Waals surface area contributed by atoms with Gasteiger partial charge >= 0.3 is 0 Å². The van der Waals surface area contributed by atoms with Crippen molar-refractivity contribution in [3.8, 4) is 0 Å². The lowest BCUT2D eigenvalue weighted by molar-refractivity contribution is -0.125. The van der Waals surface area contributed by atoms with Crippen molar-refractivity contribution in [3.05, 3.63) is 65.0 Å². The molecule has 3 rings (SSSR count). The Morgan fingerprint density at radius 2 is 1.83 bits per heavy atom. The Hall–Kier alpha value is -2.24. The topological polar surface area (TPSA) is 80.0 Å². The van der Waals surface area contributed by atoms with Crippen LogP contribution in [-0.2, 0) is 16.8 Å². The summed E-state index contributed by atoms with van der Waals surface area (Å²) in [5, 5.41) is 7.03. The molecule has 1 amide bonds. The van der Waals surface area contributed by atoms with E-state index in [2.05, 4.69) is 47.7 Å². The van der Waals surface area contributed by atoms with Gasteiger partial charge in [-0.2, -0.15) is 0 Å². The number of nitrogens with two attached hydrogens (primary N) is 1. The van der Waals surface area contributed by atoms with Gasteiger partial charge in [0.15, 0.2) is 0 Å². The van der Waals surface area contributed by atoms with Crippen LogP contribution in [0.2, 0.25) is 0 Å². The summed E-state index contributed by atoms with van der Waals surface area (Å²) in [4.78, 5) is 17.0. The lowest BCUT2D eigenvalue weighted by atomic mass is 9.81. The number of benzene rings is 1. The number of carbonyl (C=O) groups is 1. The molecule has 29 heavy (non-hydrogen) atoms. The second kappa shape index (κ2) is 9.99. The predicted molar refractivity (Wildman–Crippen MR) is 118 cm³/mol. The zero-order chi connectivity index (χ0) is 20.7. The summed E-state index contributed by atoms with van der Waals surface area (Å²) >= 11 is 0. The normalized spacial score (nSPS) is 17.0. The van der Waals surface area contributed by atoms with E-state index in [1.54, 1.807) is 12.4 Å². The summed E-state index contributed by atoms with van der Waals surface area (Å²) in [7, 11) is 0. The molecule has 1 fully saturated rings. The van der Waals surface area contributed by atoms with Crippen LogP contribution in [0.1, 0.15) is 47.9 Å². The first-order valence-electron chi connectivity index (χ1n) is 10.7. The third kappa shape index (κ3) is 5.64. The van der Waals surface area contributed by atoms with Crippen LogP contribution in [-0.4, -0.2) is 30.5 Å². The molecule has 1 aliphatic heterocycles. The number of piperidine rings is 1. The first-order chi connectivity index (χ1) is 14.0. The van der Waals surface area contributed by atoms with Crippen LogP contribution in [0.25, 0.3) is 0 Å². The van der Waals surface area contributed by atoms with Gasteiger partial charge in [-0.3, -0.25) is 15.1 Å². The number of nitrogens with one attached hydrogen (secondary N) is 2. The van der Waals surface area contributed by atoms with Crippen molar-refractivity contribution in [2.45, 2.75) is 51.5 Å². The van der Waals surface area contributed by atoms with Gasteiger partial charge in [0.05, 0.1) is 0 Å². The number of nitrogens with zero attached hydrogens (tertiary/aromatic N) is 1. The average Bonchev–Trinajstić information content (AvgIpc) is 2.71. The molecule has 2 aromatic rings. The van der Waals surface area contributed by atoms with Crippen molar-refractivity contribution in [2.75, 3.05) is 19.6 Å². The largest absolute Gasteiger partial charge is 0.368 e. The lowest BCUT2D eigenvalue weighted by Crippen LogP contribution is -2.53. The highest BCUT2D eigenvalue weighted by Gasteiger charge is 2.38. The third-order valence-electron chi connectivity index (χ3n) is 6.11. The van der Waals surface area contributed by atoms with Crippen molar-refractivity contribution in [3.63, 3.8) is 0 Å². The molecule has 1 atom stereocenters. The van der Waals surface area contributed by atoms with E-state index in [0.717, 1.165) is 54.7 Å². The minimum Gasteiger partial charge on any atom is -0.368 e. The number of hydrogen-bond donors (Lipinski definition) is 3. The van der Waals surface area contributed by atoms with Crippen molar-refractivity contribution in [2.24, 2.45) is 11.7 Å². The highest BCUT2D eigenvalue weighted by molar-refractivity contribution is 5.86. The standard InChI is InChI=1S/C24H34N4O/c1-18-15-19(2)17-22(16-18)24(23(25)29,9-3-20-4-10-26-11-5-20)28-14-8-21-6-12-27-13-7-21/h4-5,10-11,15-17,21,27-28H,3,6-9,12-14H2,1-2H3,(H2,25,29). The fourth-order valence-electron chi connectivity index (χ4n) is 4.45. The van der Waals surface area contributed by atoms with Gasteiger partial charge in [0.25, 0.3) is 0 Å². The predicted octanol–water partition coefficient (Wildman–Crippen LogP) is 2.99. The van der Waals surface area contributed by atoms with Crippen molar-refractivity contribution >= 4 is 5.91 Å². The molecule has 1 aromatic carbocycles. The molecular weight excluding hydrogens is 360 g/mol. The molecular formula is C24H34N4O. The van der Waals surface area contributed by atoms with Crippen molar-refractivity contribution in [1.29, 1.82) is 0 Å². The fraction of sp³-hybridized carbons (Fsp3) is 0.500. The highest BCUT2D eigenvalue weighted by Crippen LogP contribution is 2.29. The van der Waals surface area contributed by atoms with Gasteiger partial charge in [-0.25, -0.2) is 0 Å². The molecule has 2 heterocycles. The summed E-state index contributed by atoms with van der Waals surface area (Å²) in [5.74, 6) is 0.399. The third-order valence-corrected chi connectivity index (χ3v) is 6.11. The quantitative estimate of drug-likeness (QED) is 0.611. The molecule has 5 heteroatoms. The van der Waals surface area contributed by atoms with Gasteiger partial charge in [0.2, 0.25) is 5.91 Å². The van der Waals surface area contributed by atoms with Gasteiger partial charge in [-0.15, -0.1) is 0 Å². The Labute approximate surface area is 174 Å². The second-order valence-electron chi connectivity index (χ2n) is 8.41. The van der Waals surface area contributed by atoms with Gasteiger partial charge in [0, 0.05) is 12.4 Å². The number of primary amides is 1. The summed E-state index contributed by atoms with van der Waals surface area (Å²) < 4.78 is 0. The minimum atomic E-state index is -0.868. The van der Waals surface area contributed by atoms with E-state index in [9.17, 15) is 4.79 Å². The number of rotatable bonds is 9. The van der Waals surface area contributed by atoms with E-state index >= 15 is 0 Å². The van der Waals surface area contributed by atoms with Crippen LogP contribution in [0.5, 0.6) is 0 Å². The molecule has 0 saturated carbocycles. The molecule has 0 spiro atoms. The number of carbonyl (C=O) groups excluding carboxylic acids is 1. The number of pyridine rings is 1. The molecule has 0 bridgehead atoms. The van der Waals surface area contributed by atoms with Crippen LogP contribution in [0.3, 0.4) is 0 Å². The Morgan fingerprint density at radius 3 is 2.45 bits per heavy atom. The molecule has 4 N–H and O–H groups in total. The van der Waals surface area contributed by atoms with Crippen molar-refractivity contribution < 1.29 is 4.79 Å². The summed E-state index contributed by atoms with van der Waals surface area (Å²) in [6, 6.07) is 10.3. The monoisotopic (exact) mass is 394 g/mol. The lowest BCUT2D eigenvalue weighted by Gasteiger charge is -2.34. The van der Waals surface area contributed by atoms with Crippen LogP contribution in [0.4, 0.5) is 0 Å². The number of hydrogen-bond acceptors (Lipinski definition) is 4. The Bertz CT molecular complexity index is 782. The number of aryl methyl sites for hydroxylation is 3. The van der Waals surface area contributed by atoms with E-state index in [1.807, 2.05) is 12.1 Å². The first kappa shape index (κ1) is 21.5. The van der Waals surface area contributed by atoms with E-state index in [4.69, 9.17) is 5.73 Å². The van der Waals surface area contributed by atoms with Gasteiger partial charge in [0.1, 0.15) is 5.54 Å². The molecule has 1 aromatic heterocycles. The molecule has 5 nitrogen and oxygen atoms in total. The van der Waals surface area contributed by atoms with E-state index < -0.39 is 5.54 Å². The van der Waals surface area contributed by atoms with E-state index in [1.165, 1.54) is 12.8 Å². The molecule has 1 aliphatic rings. The van der Waals surface area contributed by atoms with Gasteiger partial charge in [-0.05, 0) is 94.8 Å². The maximum absolute atomic E-state index is 12.9. The van der Waals surface area contributed by atoms with E-state index in [-0.39, 0.29) is 5.91 Å². The zero-order valence-electron chi connectivity index (χ0n) is 17.7. The first-order valence-corrected chi connectivity index (χ1v) is 10.7. The Morgan fingerprint density at radius 1 is 1.17 bits per heavy atom. The van der Waals surface area contributed by atoms with Crippen LogP contribution in [0.15, 0.2) is 42.7 Å².